The van der Waals surface area contributed by atoms with Gasteiger partial charge in [0.25, 0.3) is 0 Å². The molecule has 0 amide bonds. The summed E-state index contributed by atoms with van der Waals surface area (Å²) in [6, 6.07) is 13.4. The fourth-order valence-corrected chi connectivity index (χ4v) is 5.42. The average molecular weight is 458 g/mol. The van der Waals surface area contributed by atoms with E-state index in [2.05, 4.69) is 16.0 Å². The second kappa shape index (κ2) is 8.18. The van der Waals surface area contributed by atoms with E-state index in [0.717, 1.165) is 70.6 Å². The van der Waals surface area contributed by atoms with Crippen molar-refractivity contribution in [2.75, 3.05) is 6.54 Å². The Balaban J connectivity index is 1.26. The number of hydrogen-bond acceptors (Lipinski definition) is 5. The molecule has 1 aromatic carbocycles. The highest BCUT2D eigenvalue weighted by molar-refractivity contribution is 7.15. The van der Waals surface area contributed by atoms with Gasteiger partial charge in [-0.15, -0.1) is 22.7 Å². The maximum absolute atomic E-state index is 12.8. The summed E-state index contributed by atoms with van der Waals surface area (Å²) < 4.78 is 38.3. The summed E-state index contributed by atoms with van der Waals surface area (Å²) in [5.74, 6) is 0.793. The van der Waals surface area contributed by atoms with Crippen molar-refractivity contribution >= 4 is 22.7 Å². The highest BCUT2D eigenvalue weighted by Crippen LogP contribution is 2.34. The van der Waals surface area contributed by atoms with Crippen LogP contribution in [0.3, 0.4) is 0 Å². The van der Waals surface area contributed by atoms with E-state index >= 15 is 0 Å². The van der Waals surface area contributed by atoms with Crippen LogP contribution in [0.1, 0.15) is 21.7 Å². The minimum Gasteiger partial charge on any atom is -0.293 e. The van der Waals surface area contributed by atoms with Gasteiger partial charge in [-0.25, -0.2) is 9.97 Å². The Hall–Kier alpha value is -2.55. The second-order valence-electron chi connectivity index (χ2n) is 7.44. The topological polar surface area (TPSA) is 29.0 Å². The van der Waals surface area contributed by atoms with Gasteiger partial charge >= 0.3 is 6.18 Å². The number of benzene rings is 1. The lowest BCUT2D eigenvalue weighted by molar-refractivity contribution is -0.137. The molecule has 0 unspecified atom stereocenters. The van der Waals surface area contributed by atoms with Crippen molar-refractivity contribution in [1.29, 1.82) is 0 Å². The van der Waals surface area contributed by atoms with Crippen molar-refractivity contribution in [2.45, 2.75) is 25.7 Å². The molecule has 5 rings (SSSR count). The van der Waals surface area contributed by atoms with Gasteiger partial charge in [-0.2, -0.15) is 13.2 Å². The van der Waals surface area contributed by atoms with E-state index < -0.39 is 11.7 Å². The number of alkyl halides is 3. The third-order valence-corrected chi connectivity index (χ3v) is 7.28. The molecule has 4 heterocycles. The molecule has 0 bridgehead atoms. The van der Waals surface area contributed by atoms with E-state index in [-0.39, 0.29) is 0 Å². The molecule has 0 saturated heterocycles. The van der Waals surface area contributed by atoms with Crippen LogP contribution in [0.2, 0.25) is 0 Å². The molecule has 0 spiro atoms. The zero-order chi connectivity index (χ0) is 21.4. The number of hydrogen-bond donors (Lipinski definition) is 0. The lowest BCUT2D eigenvalue weighted by atomic mass is 10.1. The first kappa shape index (κ1) is 20.4. The second-order valence-corrected chi connectivity index (χ2v) is 9.56. The van der Waals surface area contributed by atoms with Crippen LogP contribution in [0.25, 0.3) is 21.1 Å². The molecule has 0 fully saturated rings. The highest BCUT2D eigenvalue weighted by Gasteiger charge is 2.30. The van der Waals surface area contributed by atoms with Crippen LogP contribution in [0.5, 0.6) is 0 Å². The van der Waals surface area contributed by atoms with E-state index in [4.69, 9.17) is 4.98 Å². The molecule has 0 atom stereocenters. The molecule has 0 saturated carbocycles. The van der Waals surface area contributed by atoms with E-state index in [0.29, 0.717) is 0 Å². The monoisotopic (exact) mass is 457 g/mol. The van der Waals surface area contributed by atoms with Crippen LogP contribution in [0.15, 0.2) is 60.1 Å². The maximum Gasteiger partial charge on any atom is 0.416 e. The SMILES string of the molecule is FC(F)(F)c1ccc(-c2ccc(CN3CCc4nc(-c5cccs5)ncc4C3)s2)cc1. The maximum atomic E-state index is 12.8. The number of thiophene rings is 2. The molecular formula is C23H18F3N3S2. The first-order chi connectivity index (χ1) is 15.0. The number of nitrogens with zero attached hydrogens (tertiary/aromatic N) is 3. The summed E-state index contributed by atoms with van der Waals surface area (Å²) in [6.45, 7) is 2.52. The standard InChI is InChI=1S/C23H18F3N3S2/c24-23(25,26)17-5-3-15(4-6-17)20-8-7-18(31-20)14-29-10-9-19-16(13-29)12-27-22(28-19)21-2-1-11-30-21/h1-8,11-12H,9-10,13-14H2. The Labute approximate surface area is 185 Å². The van der Waals surface area contributed by atoms with Gasteiger partial charge in [0.05, 0.1) is 16.1 Å². The van der Waals surface area contributed by atoms with Gasteiger partial charge in [0.15, 0.2) is 5.82 Å². The van der Waals surface area contributed by atoms with Gasteiger partial charge in [0.1, 0.15) is 0 Å². The van der Waals surface area contributed by atoms with Crippen LogP contribution in [0.4, 0.5) is 13.2 Å². The Morgan fingerprint density at radius 1 is 1.00 bits per heavy atom. The number of aromatic nitrogens is 2. The average Bonchev–Trinajstić information content (AvgIpc) is 3.45. The summed E-state index contributed by atoms with van der Waals surface area (Å²) in [6.07, 6.45) is -1.49. The third-order valence-electron chi connectivity index (χ3n) is 5.29. The molecule has 1 aliphatic rings. The quantitative estimate of drug-likeness (QED) is 0.350. The number of rotatable bonds is 4. The van der Waals surface area contributed by atoms with Crippen molar-refractivity contribution < 1.29 is 13.2 Å². The molecule has 4 aromatic rings. The van der Waals surface area contributed by atoms with Gasteiger partial charge in [-0.3, -0.25) is 4.90 Å². The van der Waals surface area contributed by atoms with E-state index in [9.17, 15) is 13.2 Å². The summed E-state index contributed by atoms with van der Waals surface area (Å²) in [7, 11) is 0. The first-order valence-electron chi connectivity index (χ1n) is 9.83. The van der Waals surface area contributed by atoms with Crippen LogP contribution in [0, 0.1) is 0 Å². The van der Waals surface area contributed by atoms with Gasteiger partial charge < -0.3 is 0 Å². The van der Waals surface area contributed by atoms with Gasteiger partial charge in [-0.05, 0) is 41.3 Å². The molecule has 8 heteroatoms. The first-order valence-corrected chi connectivity index (χ1v) is 11.5. The lowest BCUT2D eigenvalue weighted by Gasteiger charge is -2.27. The van der Waals surface area contributed by atoms with Gasteiger partial charge in [-0.1, -0.05) is 18.2 Å². The van der Waals surface area contributed by atoms with Crippen molar-refractivity contribution in [3.63, 3.8) is 0 Å². The summed E-state index contributed by atoms with van der Waals surface area (Å²) in [4.78, 5) is 14.9. The van der Waals surface area contributed by atoms with Crippen LogP contribution in [-0.2, 0) is 25.7 Å². The Morgan fingerprint density at radius 3 is 2.58 bits per heavy atom. The van der Waals surface area contributed by atoms with Crippen LogP contribution < -0.4 is 0 Å². The van der Waals surface area contributed by atoms with Crippen LogP contribution >= 0.6 is 22.7 Å². The van der Waals surface area contributed by atoms with E-state index in [1.54, 1.807) is 22.7 Å². The fraction of sp³-hybridized carbons (Fsp3) is 0.217. The van der Waals surface area contributed by atoms with Gasteiger partial charge in [0, 0.05) is 47.6 Å². The minimum absolute atomic E-state index is 0.621. The molecule has 1 aliphatic heterocycles. The summed E-state index contributed by atoms with van der Waals surface area (Å²) in [5, 5.41) is 2.03. The summed E-state index contributed by atoms with van der Waals surface area (Å²) in [5.41, 5.74) is 2.46. The molecule has 31 heavy (non-hydrogen) atoms. The third kappa shape index (κ3) is 4.42. The number of fused-ring (bicyclic) bond motifs is 1. The number of halogens is 3. The molecule has 158 valence electrons. The zero-order valence-electron chi connectivity index (χ0n) is 16.4. The molecule has 0 aliphatic carbocycles. The van der Waals surface area contributed by atoms with Crippen molar-refractivity contribution in [2.24, 2.45) is 0 Å². The normalized spacial score (nSPS) is 14.5. The lowest BCUT2D eigenvalue weighted by Crippen LogP contribution is -2.30. The molecule has 3 nitrogen and oxygen atoms in total. The van der Waals surface area contributed by atoms with Crippen LogP contribution in [-0.4, -0.2) is 21.4 Å². The van der Waals surface area contributed by atoms with E-state index in [1.807, 2.05) is 29.8 Å². The largest absolute Gasteiger partial charge is 0.416 e. The Morgan fingerprint density at radius 2 is 1.84 bits per heavy atom. The van der Waals surface area contributed by atoms with Gasteiger partial charge in [0.2, 0.25) is 0 Å². The molecule has 3 aromatic heterocycles. The Kier molecular flexibility index (Phi) is 5.37. The minimum atomic E-state index is -4.31. The summed E-state index contributed by atoms with van der Waals surface area (Å²) >= 11 is 3.26. The van der Waals surface area contributed by atoms with Crippen molar-refractivity contribution in [3.05, 3.63) is 81.8 Å². The highest BCUT2D eigenvalue weighted by atomic mass is 32.1. The van der Waals surface area contributed by atoms with E-state index in [1.165, 1.54) is 17.0 Å². The molecule has 0 radical (unpaired) electrons. The smallest absolute Gasteiger partial charge is 0.293 e. The fourth-order valence-electron chi connectivity index (χ4n) is 3.70. The molecule has 0 N–H and O–H groups in total. The molecular weight excluding hydrogens is 439 g/mol. The Bertz CT molecular complexity index is 1180. The predicted molar refractivity (Wildman–Crippen MR) is 118 cm³/mol. The zero-order valence-corrected chi connectivity index (χ0v) is 18.0. The predicted octanol–water partition coefficient (Wildman–Crippen LogP) is 6.51. The van der Waals surface area contributed by atoms with Crippen molar-refractivity contribution in [3.8, 4) is 21.1 Å². The van der Waals surface area contributed by atoms with Crippen molar-refractivity contribution in [1.82, 2.24) is 14.9 Å².